The molecule has 0 spiro atoms. The molecule has 1 amide bonds. The van der Waals surface area contributed by atoms with Crippen molar-refractivity contribution in [2.75, 3.05) is 25.0 Å². The highest BCUT2D eigenvalue weighted by molar-refractivity contribution is 5.93. The third-order valence-electron chi connectivity index (χ3n) is 4.55. The monoisotopic (exact) mass is 340 g/mol. The van der Waals surface area contributed by atoms with Gasteiger partial charge in [-0.3, -0.25) is 14.5 Å². The van der Waals surface area contributed by atoms with Gasteiger partial charge in [0.1, 0.15) is 0 Å². The highest BCUT2D eigenvalue weighted by Crippen LogP contribution is 2.23. The number of aromatic nitrogens is 2. The highest BCUT2D eigenvalue weighted by atomic mass is 16.2. The van der Waals surface area contributed by atoms with Gasteiger partial charge in [0, 0.05) is 17.3 Å². The summed E-state index contributed by atoms with van der Waals surface area (Å²) in [4.78, 5) is 25.8. The number of aryl methyl sites for hydroxylation is 1. The van der Waals surface area contributed by atoms with Gasteiger partial charge in [-0.1, -0.05) is 25.0 Å². The molecule has 25 heavy (non-hydrogen) atoms. The number of nitrogens with one attached hydrogen (secondary N) is 2. The van der Waals surface area contributed by atoms with Gasteiger partial charge >= 0.3 is 0 Å². The van der Waals surface area contributed by atoms with Crippen molar-refractivity contribution in [3.05, 3.63) is 46.2 Å². The van der Waals surface area contributed by atoms with Crippen LogP contribution in [0.25, 0.3) is 11.3 Å². The van der Waals surface area contributed by atoms with Gasteiger partial charge in [0.15, 0.2) is 0 Å². The van der Waals surface area contributed by atoms with Crippen molar-refractivity contribution in [1.29, 1.82) is 0 Å². The number of benzene rings is 1. The van der Waals surface area contributed by atoms with Gasteiger partial charge in [-0.2, -0.15) is 5.10 Å². The van der Waals surface area contributed by atoms with Crippen LogP contribution in [0.3, 0.4) is 0 Å². The molecule has 0 atom stereocenters. The summed E-state index contributed by atoms with van der Waals surface area (Å²) in [7, 11) is 0. The molecule has 0 aliphatic carbocycles. The van der Waals surface area contributed by atoms with E-state index in [1.165, 1.54) is 31.7 Å². The van der Waals surface area contributed by atoms with Crippen LogP contribution in [0.5, 0.6) is 0 Å². The zero-order chi connectivity index (χ0) is 17.6. The lowest BCUT2D eigenvalue weighted by Crippen LogP contribution is -2.34. The molecule has 1 aliphatic heterocycles. The van der Waals surface area contributed by atoms with E-state index in [4.69, 9.17) is 0 Å². The summed E-state index contributed by atoms with van der Waals surface area (Å²) in [5.41, 5.74) is 3.07. The summed E-state index contributed by atoms with van der Waals surface area (Å²) < 4.78 is 0. The molecule has 6 heteroatoms. The largest absolute Gasteiger partial charge is 0.325 e. The fourth-order valence-electron chi connectivity index (χ4n) is 3.11. The number of likely N-dealkylation sites (tertiary alicyclic amines) is 1. The number of nitrogens with zero attached hydrogens (tertiary/aromatic N) is 2. The number of rotatable bonds is 4. The van der Waals surface area contributed by atoms with Crippen LogP contribution >= 0.6 is 0 Å². The molecular weight excluding hydrogens is 316 g/mol. The van der Waals surface area contributed by atoms with E-state index >= 15 is 0 Å². The SMILES string of the molecule is Cc1ccc(-c2ccc(=O)[nH]n2)cc1NC(=O)CN1CCCCCC1. The summed E-state index contributed by atoms with van der Waals surface area (Å²) in [5, 5.41) is 9.50. The predicted octanol–water partition coefficient (Wildman–Crippen LogP) is 2.56. The number of carbonyl (C=O) groups is 1. The Kier molecular flexibility index (Phi) is 5.60. The summed E-state index contributed by atoms with van der Waals surface area (Å²) in [6.45, 7) is 4.38. The van der Waals surface area contributed by atoms with Crippen molar-refractivity contribution >= 4 is 11.6 Å². The number of aromatic amines is 1. The molecule has 0 unspecified atom stereocenters. The molecule has 3 rings (SSSR count). The third kappa shape index (κ3) is 4.76. The van der Waals surface area contributed by atoms with E-state index < -0.39 is 0 Å². The van der Waals surface area contributed by atoms with Crippen molar-refractivity contribution in [2.45, 2.75) is 32.6 Å². The maximum atomic E-state index is 12.4. The quantitative estimate of drug-likeness (QED) is 0.897. The van der Waals surface area contributed by atoms with Gasteiger partial charge in [0.05, 0.1) is 12.2 Å². The summed E-state index contributed by atoms with van der Waals surface area (Å²) in [5.74, 6) is 0.0107. The fraction of sp³-hybridized carbons (Fsp3) is 0.421. The Labute approximate surface area is 147 Å². The first-order valence-corrected chi connectivity index (χ1v) is 8.81. The topological polar surface area (TPSA) is 78.1 Å². The zero-order valence-electron chi connectivity index (χ0n) is 14.5. The second-order valence-electron chi connectivity index (χ2n) is 6.57. The number of anilines is 1. The fourth-order valence-corrected chi connectivity index (χ4v) is 3.11. The van der Waals surface area contributed by atoms with Crippen LogP contribution in [0.2, 0.25) is 0 Å². The van der Waals surface area contributed by atoms with Gasteiger partial charge in [-0.25, -0.2) is 5.10 Å². The average molecular weight is 340 g/mol. The van der Waals surface area contributed by atoms with Crippen LogP contribution in [-0.4, -0.2) is 40.6 Å². The van der Waals surface area contributed by atoms with Crippen LogP contribution in [-0.2, 0) is 4.79 Å². The second kappa shape index (κ2) is 8.07. The highest BCUT2D eigenvalue weighted by Gasteiger charge is 2.14. The smallest absolute Gasteiger partial charge is 0.264 e. The van der Waals surface area contributed by atoms with E-state index in [0.717, 1.165) is 29.9 Å². The molecule has 1 fully saturated rings. The Balaban J connectivity index is 1.70. The zero-order valence-corrected chi connectivity index (χ0v) is 14.5. The van der Waals surface area contributed by atoms with Crippen molar-refractivity contribution < 1.29 is 4.79 Å². The van der Waals surface area contributed by atoms with Gasteiger partial charge in [-0.05, 0) is 50.6 Å². The summed E-state index contributed by atoms with van der Waals surface area (Å²) >= 11 is 0. The first-order valence-electron chi connectivity index (χ1n) is 8.81. The van der Waals surface area contributed by atoms with E-state index in [9.17, 15) is 9.59 Å². The normalized spacial score (nSPS) is 15.6. The summed E-state index contributed by atoms with van der Waals surface area (Å²) in [6, 6.07) is 8.90. The maximum Gasteiger partial charge on any atom is 0.264 e. The van der Waals surface area contributed by atoms with E-state index in [2.05, 4.69) is 20.4 Å². The second-order valence-corrected chi connectivity index (χ2v) is 6.57. The molecule has 132 valence electrons. The van der Waals surface area contributed by atoms with E-state index in [1.807, 2.05) is 25.1 Å². The molecule has 2 N–H and O–H groups in total. The van der Waals surface area contributed by atoms with Crippen molar-refractivity contribution in [2.24, 2.45) is 0 Å². The molecule has 2 aromatic rings. The molecule has 1 aromatic heterocycles. The van der Waals surface area contributed by atoms with Crippen LogP contribution in [0.15, 0.2) is 35.1 Å². The van der Waals surface area contributed by atoms with Crippen LogP contribution in [0, 0.1) is 6.92 Å². The minimum absolute atomic E-state index is 0.0107. The Morgan fingerprint density at radius 1 is 1.16 bits per heavy atom. The molecule has 1 saturated heterocycles. The molecule has 1 aliphatic rings. The van der Waals surface area contributed by atoms with Crippen LogP contribution in [0.4, 0.5) is 5.69 Å². The van der Waals surface area contributed by atoms with E-state index in [1.54, 1.807) is 6.07 Å². The number of hydrogen-bond acceptors (Lipinski definition) is 4. The predicted molar refractivity (Wildman–Crippen MR) is 98.6 cm³/mol. The standard InChI is InChI=1S/C19H24N4O2/c1-14-6-7-15(16-8-9-18(24)22-21-16)12-17(14)20-19(25)13-23-10-4-2-3-5-11-23/h6-9,12H,2-5,10-11,13H2,1H3,(H,20,25)(H,22,24). The number of hydrogen-bond donors (Lipinski definition) is 2. The lowest BCUT2D eigenvalue weighted by molar-refractivity contribution is -0.117. The molecule has 1 aromatic carbocycles. The first kappa shape index (κ1) is 17.4. The van der Waals surface area contributed by atoms with Crippen molar-refractivity contribution in [1.82, 2.24) is 15.1 Å². The van der Waals surface area contributed by atoms with Crippen LogP contribution < -0.4 is 10.9 Å². The third-order valence-corrected chi connectivity index (χ3v) is 4.55. The minimum Gasteiger partial charge on any atom is -0.325 e. The Morgan fingerprint density at radius 3 is 2.60 bits per heavy atom. The Hall–Kier alpha value is -2.47. The van der Waals surface area contributed by atoms with Crippen LogP contribution in [0.1, 0.15) is 31.2 Å². The number of amides is 1. The molecular formula is C19H24N4O2. The molecule has 0 radical (unpaired) electrons. The maximum absolute atomic E-state index is 12.4. The molecule has 2 heterocycles. The Morgan fingerprint density at radius 2 is 1.92 bits per heavy atom. The van der Waals surface area contributed by atoms with Crippen molar-refractivity contribution in [3.63, 3.8) is 0 Å². The molecule has 6 nitrogen and oxygen atoms in total. The van der Waals surface area contributed by atoms with Gasteiger partial charge in [-0.15, -0.1) is 0 Å². The number of carbonyl (C=O) groups excluding carboxylic acids is 1. The minimum atomic E-state index is -0.234. The lowest BCUT2D eigenvalue weighted by atomic mass is 10.1. The van der Waals surface area contributed by atoms with Crippen molar-refractivity contribution in [3.8, 4) is 11.3 Å². The molecule has 0 saturated carbocycles. The van der Waals surface area contributed by atoms with Gasteiger partial charge in [0.25, 0.3) is 5.56 Å². The first-order chi connectivity index (χ1) is 12.1. The van der Waals surface area contributed by atoms with E-state index in [0.29, 0.717) is 12.2 Å². The molecule has 0 bridgehead atoms. The lowest BCUT2D eigenvalue weighted by Gasteiger charge is -2.19. The summed E-state index contributed by atoms with van der Waals surface area (Å²) in [6.07, 6.45) is 4.84. The van der Waals surface area contributed by atoms with Gasteiger partial charge in [0.2, 0.25) is 5.91 Å². The van der Waals surface area contributed by atoms with E-state index in [-0.39, 0.29) is 11.5 Å². The van der Waals surface area contributed by atoms with Gasteiger partial charge < -0.3 is 5.32 Å². The number of H-pyrrole nitrogens is 1. The average Bonchev–Trinajstić information content (AvgIpc) is 2.86. The Bertz CT molecular complexity index is 772.